The maximum atomic E-state index is 14.0. The highest BCUT2D eigenvalue weighted by atomic mass is 19.1. The van der Waals surface area contributed by atoms with E-state index in [2.05, 4.69) is 5.10 Å². The monoisotopic (exact) mass is 488 g/mol. The highest BCUT2D eigenvalue weighted by Gasteiger charge is 2.75. The fourth-order valence-corrected chi connectivity index (χ4v) is 5.58. The van der Waals surface area contributed by atoms with E-state index in [-0.39, 0.29) is 11.3 Å². The number of hydrazone groups is 1. The smallest absolute Gasteiger partial charge is 0.330 e. The van der Waals surface area contributed by atoms with Crippen LogP contribution >= 0.6 is 0 Å². The van der Waals surface area contributed by atoms with E-state index in [1.54, 1.807) is 30.5 Å². The van der Waals surface area contributed by atoms with Crippen molar-refractivity contribution in [3.63, 3.8) is 0 Å². The van der Waals surface area contributed by atoms with Crippen molar-refractivity contribution in [2.75, 3.05) is 0 Å². The van der Waals surface area contributed by atoms with Crippen LogP contribution in [0.25, 0.3) is 0 Å². The van der Waals surface area contributed by atoms with E-state index < -0.39 is 52.7 Å². The summed E-state index contributed by atoms with van der Waals surface area (Å²) in [4.78, 5) is 41.9. The number of hydrogen-bond donors (Lipinski definition) is 0. The van der Waals surface area contributed by atoms with Crippen LogP contribution < -0.4 is 0 Å². The van der Waals surface area contributed by atoms with E-state index in [9.17, 15) is 18.8 Å². The normalized spacial score (nSPS) is 25.2. The van der Waals surface area contributed by atoms with Crippen LogP contribution in [0, 0.1) is 11.2 Å². The summed E-state index contributed by atoms with van der Waals surface area (Å²) >= 11 is 0. The molecule has 0 amide bonds. The Morgan fingerprint density at radius 1 is 0.972 bits per heavy atom. The van der Waals surface area contributed by atoms with Gasteiger partial charge in [-0.05, 0) is 47.5 Å². The lowest BCUT2D eigenvalue weighted by atomic mass is 9.66. The lowest BCUT2D eigenvalue weighted by Crippen LogP contribution is -2.58. The minimum absolute atomic E-state index is 0.195. The largest absolute Gasteiger partial charge is 0.469 e. The standard InChI is InChI=1S/C27H21FN2O6/c1-26(2)35-24(32)27(25(33)36-26)20(19-8-5-13-34-19)21(22(31)15-9-11-17(28)12-10-15)30-23(27)18-7-4-3-6-16(18)14-29-30/h3-14,20-21,23H,1-2H3/t20-,21+,23?/m1/s1. The van der Waals surface area contributed by atoms with E-state index in [1.807, 2.05) is 12.1 Å². The predicted octanol–water partition coefficient (Wildman–Crippen LogP) is 3.98. The van der Waals surface area contributed by atoms with E-state index in [0.29, 0.717) is 11.1 Å². The van der Waals surface area contributed by atoms with E-state index >= 15 is 0 Å². The SMILES string of the molecule is CC1(C)OC(=O)C2(C(=O)O1)C1c3ccccc3C=NN1[C@H](C(=O)c1ccc(F)cc1)[C@H]2c1ccco1. The zero-order valence-electron chi connectivity index (χ0n) is 19.4. The van der Waals surface area contributed by atoms with Gasteiger partial charge in [-0.25, -0.2) is 4.39 Å². The first kappa shape index (κ1) is 22.2. The van der Waals surface area contributed by atoms with Crippen LogP contribution in [0.5, 0.6) is 0 Å². The molecule has 1 unspecified atom stereocenters. The molecule has 2 saturated heterocycles. The Bertz CT molecular complexity index is 1390. The molecule has 4 heterocycles. The molecule has 0 aliphatic carbocycles. The Morgan fingerprint density at radius 3 is 2.33 bits per heavy atom. The van der Waals surface area contributed by atoms with Gasteiger partial charge >= 0.3 is 11.9 Å². The lowest BCUT2D eigenvalue weighted by molar-refractivity contribution is -0.254. The van der Waals surface area contributed by atoms with Gasteiger partial charge in [0.2, 0.25) is 5.41 Å². The maximum Gasteiger partial charge on any atom is 0.330 e. The molecule has 3 aliphatic rings. The summed E-state index contributed by atoms with van der Waals surface area (Å²) in [7, 11) is 0. The van der Waals surface area contributed by atoms with Gasteiger partial charge in [0.15, 0.2) is 5.78 Å². The molecule has 1 spiro atoms. The topological polar surface area (TPSA) is 98.4 Å². The number of cyclic esters (lactones) is 2. The summed E-state index contributed by atoms with van der Waals surface area (Å²) in [6, 6.07) is 13.3. The molecule has 0 radical (unpaired) electrons. The van der Waals surface area contributed by atoms with Gasteiger partial charge in [-0.2, -0.15) is 5.10 Å². The molecule has 6 rings (SSSR count). The van der Waals surface area contributed by atoms with Crippen molar-refractivity contribution in [1.29, 1.82) is 0 Å². The van der Waals surface area contributed by atoms with Crippen LogP contribution in [0.1, 0.15) is 53.1 Å². The number of ketones is 1. The first-order chi connectivity index (χ1) is 17.2. The Balaban J connectivity index is 1.63. The molecule has 0 saturated carbocycles. The number of rotatable bonds is 3. The lowest BCUT2D eigenvalue weighted by Gasteiger charge is -2.43. The van der Waals surface area contributed by atoms with Crippen LogP contribution in [-0.2, 0) is 19.1 Å². The van der Waals surface area contributed by atoms with Crippen molar-refractivity contribution in [3.05, 3.63) is 95.2 Å². The number of benzene rings is 2. The van der Waals surface area contributed by atoms with E-state index in [1.165, 1.54) is 49.4 Å². The Hall–Kier alpha value is -4.27. The van der Waals surface area contributed by atoms with Gasteiger partial charge < -0.3 is 13.9 Å². The van der Waals surface area contributed by atoms with Gasteiger partial charge in [-0.1, -0.05) is 24.3 Å². The Kier molecular flexibility index (Phi) is 4.70. The van der Waals surface area contributed by atoms with Crippen molar-refractivity contribution >= 4 is 23.9 Å². The third-order valence-electron chi connectivity index (χ3n) is 7.01. The van der Waals surface area contributed by atoms with Crippen molar-refractivity contribution in [1.82, 2.24) is 5.01 Å². The first-order valence-corrected chi connectivity index (χ1v) is 11.5. The second-order valence-corrected chi connectivity index (χ2v) is 9.51. The molecule has 2 aromatic carbocycles. The predicted molar refractivity (Wildman–Crippen MR) is 123 cm³/mol. The molecule has 36 heavy (non-hydrogen) atoms. The van der Waals surface area contributed by atoms with Gasteiger partial charge in [-0.15, -0.1) is 0 Å². The van der Waals surface area contributed by atoms with Gasteiger partial charge in [0.05, 0.1) is 18.4 Å². The molecule has 2 fully saturated rings. The summed E-state index contributed by atoms with van der Waals surface area (Å²) in [6.45, 7) is 2.94. The highest BCUT2D eigenvalue weighted by molar-refractivity contribution is 6.09. The summed E-state index contributed by atoms with van der Waals surface area (Å²) in [6.07, 6.45) is 2.98. The Labute approximate surface area is 205 Å². The van der Waals surface area contributed by atoms with Crippen molar-refractivity contribution in [3.8, 4) is 0 Å². The maximum absolute atomic E-state index is 14.0. The zero-order valence-corrected chi connectivity index (χ0v) is 19.4. The summed E-state index contributed by atoms with van der Waals surface area (Å²) in [5.74, 6) is -5.03. The van der Waals surface area contributed by atoms with Crippen molar-refractivity contribution in [2.45, 2.75) is 37.6 Å². The van der Waals surface area contributed by atoms with Crippen LogP contribution in [0.2, 0.25) is 0 Å². The molecule has 0 bridgehead atoms. The van der Waals surface area contributed by atoms with Crippen LogP contribution in [-0.4, -0.2) is 40.8 Å². The molecular weight excluding hydrogens is 467 g/mol. The molecule has 9 heteroatoms. The minimum Gasteiger partial charge on any atom is -0.469 e. The quantitative estimate of drug-likeness (QED) is 0.312. The van der Waals surface area contributed by atoms with E-state index in [4.69, 9.17) is 13.9 Å². The fourth-order valence-electron chi connectivity index (χ4n) is 5.58. The molecule has 3 atom stereocenters. The molecule has 3 aliphatic heterocycles. The minimum atomic E-state index is -2.00. The number of Topliss-reactive ketones (excluding diaryl/α,β-unsaturated/α-hetero) is 1. The van der Waals surface area contributed by atoms with Gasteiger partial charge in [0, 0.05) is 19.4 Å². The fraction of sp³-hybridized carbons (Fsp3) is 0.259. The number of carbonyl (C=O) groups is 3. The number of ether oxygens (including phenoxy) is 2. The Morgan fingerprint density at radius 2 is 1.67 bits per heavy atom. The second-order valence-electron chi connectivity index (χ2n) is 9.51. The molecule has 0 N–H and O–H groups in total. The zero-order chi connectivity index (χ0) is 25.2. The number of halogens is 1. The van der Waals surface area contributed by atoms with Crippen LogP contribution in [0.15, 0.2) is 76.4 Å². The van der Waals surface area contributed by atoms with Crippen molar-refractivity contribution in [2.24, 2.45) is 10.5 Å². The summed E-state index contributed by atoms with van der Waals surface area (Å²) in [5.41, 5.74) is -0.494. The number of carbonyl (C=O) groups excluding carboxylic acids is 3. The third-order valence-corrected chi connectivity index (χ3v) is 7.01. The van der Waals surface area contributed by atoms with Crippen LogP contribution in [0.3, 0.4) is 0 Å². The third kappa shape index (κ3) is 2.98. The molecule has 8 nitrogen and oxygen atoms in total. The van der Waals surface area contributed by atoms with Gasteiger partial charge in [0.1, 0.15) is 23.7 Å². The number of esters is 2. The van der Waals surface area contributed by atoms with Crippen molar-refractivity contribution < 1.29 is 32.7 Å². The van der Waals surface area contributed by atoms with Crippen LogP contribution in [0.4, 0.5) is 4.39 Å². The molecule has 1 aromatic heterocycles. The average Bonchev–Trinajstić information content (AvgIpc) is 3.47. The number of fused-ring (bicyclic) bond motifs is 4. The van der Waals surface area contributed by atoms with Gasteiger partial charge in [0.25, 0.3) is 5.79 Å². The highest BCUT2D eigenvalue weighted by Crippen LogP contribution is 2.62. The first-order valence-electron chi connectivity index (χ1n) is 11.5. The number of furan rings is 1. The average molecular weight is 488 g/mol. The molecular formula is C27H21FN2O6. The van der Waals surface area contributed by atoms with E-state index in [0.717, 1.165) is 0 Å². The summed E-state index contributed by atoms with van der Waals surface area (Å²) in [5, 5.41) is 6.01. The second kappa shape index (κ2) is 7.61. The van der Waals surface area contributed by atoms with Gasteiger partial charge in [-0.3, -0.25) is 19.4 Å². The number of nitrogens with zero attached hydrogens (tertiary/aromatic N) is 2. The summed E-state index contributed by atoms with van der Waals surface area (Å²) < 4.78 is 30.7. The molecule has 182 valence electrons. The number of hydrogen-bond acceptors (Lipinski definition) is 8. The molecule has 3 aromatic rings.